The van der Waals surface area contributed by atoms with Gasteiger partial charge in [-0.25, -0.2) is 13.8 Å². The Balaban J connectivity index is 1.80. The van der Waals surface area contributed by atoms with Crippen molar-refractivity contribution in [2.45, 2.75) is 12.8 Å². The third-order valence-electron chi connectivity index (χ3n) is 4.74. The molecule has 2 aromatic heterocycles. The Bertz CT molecular complexity index is 1170. The molecule has 0 bridgehead atoms. The van der Waals surface area contributed by atoms with E-state index in [4.69, 9.17) is 5.73 Å². The molecular weight excluding hydrogens is 399 g/mol. The number of aromatic nitrogens is 4. The first-order chi connectivity index (χ1) is 12.6. The van der Waals surface area contributed by atoms with Gasteiger partial charge < -0.3 is 10.6 Å². The summed E-state index contributed by atoms with van der Waals surface area (Å²) in [5.41, 5.74) is 8.97. The maximum atomic E-state index is 13.9. The second-order valence-corrected chi connectivity index (χ2v) is 7.27. The van der Waals surface area contributed by atoms with E-state index in [2.05, 4.69) is 48.1 Å². The molecule has 8 heteroatoms. The van der Waals surface area contributed by atoms with Gasteiger partial charge in [0.2, 0.25) is 5.95 Å². The molecule has 26 heavy (non-hydrogen) atoms. The number of fused-ring (bicyclic) bond motifs is 4. The van der Waals surface area contributed by atoms with Crippen molar-refractivity contribution >= 4 is 49.9 Å². The van der Waals surface area contributed by atoms with E-state index >= 15 is 0 Å². The molecule has 0 radical (unpaired) electrons. The number of rotatable bonds is 1. The summed E-state index contributed by atoms with van der Waals surface area (Å²) in [5, 5.41) is 9.23. The van der Waals surface area contributed by atoms with Crippen molar-refractivity contribution in [3.63, 3.8) is 0 Å². The van der Waals surface area contributed by atoms with Crippen LogP contribution >= 0.6 is 15.9 Å². The number of nitrogens with two attached hydrogens (primary N) is 1. The molecule has 5 rings (SSSR count). The number of halogens is 2. The molecule has 0 atom stereocenters. The van der Waals surface area contributed by atoms with Gasteiger partial charge >= 0.3 is 0 Å². The van der Waals surface area contributed by atoms with Gasteiger partial charge in [-0.05, 0) is 42.7 Å². The average Bonchev–Trinajstić information content (AvgIpc) is 3.06. The maximum Gasteiger partial charge on any atom is 0.256 e. The van der Waals surface area contributed by atoms with E-state index in [1.165, 1.54) is 11.6 Å². The van der Waals surface area contributed by atoms with E-state index in [1.807, 2.05) is 10.5 Å². The molecule has 0 spiro atoms. The third kappa shape index (κ3) is 2.25. The number of benzene rings is 2. The predicted molar refractivity (Wildman–Crippen MR) is 102 cm³/mol. The fourth-order valence-electron chi connectivity index (χ4n) is 3.52. The Morgan fingerprint density at radius 2 is 2.04 bits per heavy atom. The summed E-state index contributed by atoms with van der Waals surface area (Å²) in [6.07, 6.45) is 3.62. The molecule has 2 aromatic carbocycles. The molecule has 3 heterocycles. The van der Waals surface area contributed by atoms with Gasteiger partial charge in [0.1, 0.15) is 5.82 Å². The molecular formula is C18H14BrFN6. The normalized spacial score (nSPS) is 14.2. The number of nitrogen functional groups attached to an aromatic ring is 1. The van der Waals surface area contributed by atoms with Crippen molar-refractivity contribution in [2.75, 3.05) is 17.2 Å². The Labute approximate surface area is 156 Å². The first kappa shape index (κ1) is 15.5. The summed E-state index contributed by atoms with van der Waals surface area (Å²) < 4.78 is 16.7. The van der Waals surface area contributed by atoms with Crippen LogP contribution in [0.5, 0.6) is 0 Å². The largest absolute Gasteiger partial charge is 0.396 e. The highest BCUT2D eigenvalue weighted by Crippen LogP contribution is 2.35. The molecule has 2 N–H and O–H groups in total. The van der Waals surface area contributed by atoms with Crippen LogP contribution in [-0.2, 0) is 6.42 Å². The molecule has 0 aliphatic carbocycles. The van der Waals surface area contributed by atoms with Crippen LogP contribution in [0.15, 0.2) is 41.0 Å². The van der Waals surface area contributed by atoms with Gasteiger partial charge in [-0.2, -0.15) is 0 Å². The highest BCUT2D eigenvalue weighted by molar-refractivity contribution is 9.10. The van der Waals surface area contributed by atoms with Crippen LogP contribution in [0.2, 0.25) is 0 Å². The molecule has 0 fully saturated rings. The summed E-state index contributed by atoms with van der Waals surface area (Å²) in [6.45, 7) is 0.817. The minimum Gasteiger partial charge on any atom is -0.396 e. The molecule has 6 nitrogen and oxygen atoms in total. The van der Waals surface area contributed by atoms with E-state index in [0.29, 0.717) is 17.1 Å². The summed E-state index contributed by atoms with van der Waals surface area (Å²) in [6, 6.07) is 9.25. The van der Waals surface area contributed by atoms with Gasteiger partial charge in [0.15, 0.2) is 0 Å². The van der Waals surface area contributed by atoms with Crippen LogP contribution in [0.25, 0.3) is 16.7 Å². The zero-order valence-electron chi connectivity index (χ0n) is 13.7. The summed E-state index contributed by atoms with van der Waals surface area (Å²) in [4.78, 5) is 6.44. The zero-order chi connectivity index (χ0) is 17.8. The summed E-state index contributed by atoms with van der Waals surface area (Å²) in [5.74, 6) is 0.657. The monoisotopic (exact) mass is 412 g/mol. The Kier molecular flexibility index (Phi) is 3.36. The standard InChI is InChI=1S/C18H14BrFN6/c19-12-4-3-10-2-1-5-25(15(10)7-12)18-24-23-17-22-9-11-6-13(20)14(21)8-16(11)26(17)18/h3-4,6-9H,1-2,5,21H2. The van der Waals surface area contributed by atoms with Gasteiger partial charge in [0, 0.05) is 28.3 Å². The number of aryl methyl sites for hydroxylation is 1. The Morgan fingerprint density at radius 3 is 2.92 bits per heavy atom. The van der Waals surface area contributed by atoms with Crippen LogP contribution in [0.3, 0.4) is 0 Å². The lowest BCUT2D eigenvalue weighted by Gasteiger charge is -2.29. The number of hydrogen-bond donors (Lipinski definition) is 1. The molecule has 1 aliphatic rings. The van der Waals surface area contributed by atoms with E-state index in [9.17, 15) is 4.39 Å². The minimum atomic E-state index is -0.458. The van der Waals surface area contributed by atoms with Crippen molar-refractivity contribution in [1.82, 2.24) is 19.6 Å². The van der Waals surface area contributed by atoms with Crippen LogP contribution in [0.4, 0.5) is 21.7 Å². The van der Waals surface area contributed by atoms with Gasteiger partial charge in [-0.3, -0.25) is 0 Å². The zero-order valence-corrected chi connectivity index (χ0v) is 15.2. The number of anilines is 3. The maximum absolute atomic E-state index is 13.9. The first-order valence-electron chi connectivity index (χ1n) is 8.26. The predicted octanol–water partition coefficient (Wildman–Crippen LogP) is 3.85. The molecule has 0 unspecified atom stereocenters. The van der Waals surface area contributed by atoms with Gasteiger partial charge in [0.25, 0.3) is 5.78 Å². The van der Waals surface area contributed by atoms with Gasteiger partial charge in [-0.1, -0.05) is 22.0 Å². The number of hydrogen-bond acceptors (Lipinski definition) is 5. The van der Waals surface area contributed by atoms with Crippen LogP contribution in [-0.4, -0.2) is 26.1 Å². The van der Waals surface area contributed by atoms with Crippen molar-refractivity contribution in [3.05, 3.63) is 52.4 Å². The highest BCUT2D eigenvalue weighted by atomic mass is 79.9. The lowest BCUT2D eigenvalue weighted by atomic mass is 10.0. The second kappa shape index (κ2) is 5.63. The average molecular weight is 413 g/mol. The molecule has 4 aromatic rings. The fourth-order valence-corrected chi connectivity index (χ4v) is 3.86. The van der Waals surface area contributed by atoms with Crippen molar-refractivity contribution in [2.24, 2.45) is 0 Å². The molecule has 0 saturated carbocycles. The second-order valence-electron chi connectivity index (χ2n) is 6.35. The van der Waals surface area contributed by atoms with Crippen molar-refractivity contribution < 1.29 is 4.39 Å². The third-order valence-corrected chi connectivity index (χ3v) is 5.24. The lowest BCUT2D eigenvalue weighted by molar-refractivity contribution is 0.634. The van der Waals surface area contributed by atoms with Crippen molar-refractivity contribution in [3.8, 4) is 0 Å². The smallest absolute Gasteiger partial charge is 0.256 e. The quantitative estimate of drug-likeness (QED) is 0.480. The first-order valence-corrected chi connectivity index (χ1v) is 9.06. The molecule has 130 valence electrons. The molecule has 1 aliphatic heterocycles. The lowest BCUT2D eigenvalue weighted by Crippen LogP contribution is -2.26. The van der Waals surface area contributed by atoms with E-state index < -0.39 is 5.82 Å². The van der Waals surface area contributed by atoms with Gasteiger partial charge in [-0.15, -0.1) is 10.2 Å². The summed E-state index contributed by atoms with van der Waals surface area (Å²) in [7, 11) is 0. The molecule has 0 amide bonds. The Hall–Kier alpha value is -2.74. The fraction of sp³-hybridized carbons (Fsp3) is 0.167. The SMILES string of the molecule is Nc1cc2c(cnc3nnc(N4CCCc5ccc(Br)cc54)n32)cc1F. The van der Waals surface area contributed by atoms with Gasteiger partial charge in [0.05, 0.1) is 11.2 Å². The summed E-state index contributed by atoms with van der Waals surface area (Å²) >= 11 is 3.55. The van der Waals surface area contributed by atoms with E-state index in [-0.39, 0.29) is 5.69 Å². The van der Waals surface area contributed by atoms with E-state index in [0.717, 1.165) is 35.1 Å². The van der Waals surface area contributed by atoms with Crippen LogP contribution in [0.1, 0.15) is 12.0 Å². The minimum absolute atomic E-state index is 0.0893. The van der Waals surface area contributed by atoms with Crippen LogP contribution < -0.4 is 10.6 Å². The Morgan fingerprint density at radius 1 is 1.15 bits per heavy atom. The highest BCUT2D eigenvalue weighted by Gasteiger charge is 2.24. The topological polar surface area (TPSA) is 72.3 Å². The molecule has 0 saturated heterocycles. The van der Waals surface area contributed by atoms with Crippen molar-refractivity contribution in [1.29, 1.82) is 0 Å². The van der Waals surface area contributed by atoms with Crippen LogP contribution in [0, 0.1) is 5.82 Å². The number of nitrogens with zero attached hydrogens (tertiary/aromatic N) is 5. The van der Waals surface area contributed by atoms with E-state index in [1.54, 1.807) is 12.3 Å².